The molecule has 1 aromatic heterocycles. The fraction of sp³-hybridized carbons (Fsp3) is 0.520. The van der Waals surface area contributed by atoms with Gasteiger partial charge in [0.1, 0.15) is 0 Å². The van der Waals surface area contributed by atoms with Crippen LogP contribution in [0.1, 0.15) is 48.4 Å². The Hall–Kier alpha value is -2.18. The van der Waals surface area contributed by atoms with Gasteiger partial charge in [0.25, 0.3) is 0 Å². The second-order valence-corrected chi connectivity index (χ2v) is 10.0. The molecule has 0 bridgehead atoms. The fourth-order valence-corrected chi connectivity index (χ4v) is 5.82. The lowest BCUT2D eigenvalue weighted by Gasteiger charge is -2.43. The topological polar surface area (TPSA) is 43.9 Å². The summed E-state index contributed by atoms with van der Waals surface area (Å²) >= 11 is 1.83. The Bertz CT molecular complexity index is 946. The van der Waals surface area contributed by atoms with Crippen molar-refractivity contribution in [3.63, 3.8) is 0 Å². The number of rotatable bonds is 4. The van der Waals surface area contributed by atoms with Gasteiger partial charge in [-0.3, -0.25) is 14.5 Å². The first-order chi connectivity index (χ1) is 14.9. The molecule has 0 unspecified atom stereocenters. The van der Waals surface area contributed by atoms with Crippen molar-refractivity contribution in [3.05, 3.63) is 57.3 Å². The van der Waals surface area contributed by atoms with Crippen LogP contribution in [0.4, 0.5) is 0 Å². The van der Waals surface area contributed by atoms with Crippen LogP contribution in [0, 0.1) is 12.8 Å². The monoisotopic (exact) mass is 439 g/mol. The fourth-order valence-electron chi connectivity index (χ4n) is 4.91. The molecule has 2 aromatic rings. The van der Waals surface area contributed by atoms with E-state index in [0.29, 0.717) is 26.2 Å². The average Bonchev–Trinajstić information content (AvgIpc) is 3.26. The summed E-state index contributed by atoms with van der Waals surface area (Å²) in [5.74, 6) is 0.360. The molecule has 31 heavy (non-hydrogen) atoms. The van der Waals surface area contributed by atoms with Gasteiger partial charge in [-0.2, -0.15) is 0 Å². The van der Waals surface area contributed by atoms with E-state index in [1.807, 2.05) is 35.0 Å². The highest BCUT2D eigenvalue weighted by molar-refractivity contribution is 7.10. The maximum atomic E-state index is 13.5. The molecule has 1 aromatic carbocycles. The van der Waals surface area contributed by atoms with Crippen molar-refractivity contribution < 1.29 is 9.59 Å². The van der Waals surface area contributed by atoms with E-state index in [0.717, 1.165) is 13.0 Å². The van der Waals surface area contributed by atoms with Crippen LogP contribution < -0.4 is 0 Å². The molecular weight excluding hydrogens is 406 g/mol. The number of nitrogens with zero attached hydrogens (tertiary/aromatic N) is 3. The minimum absolute atomic E-state index is 0.00389. The van der Waals surface area contributed by atoms with Crippen molar-refractivity contribution in [2.75, 3.05) is 32.7 Å². The highest BCUT2D eigenvalue weighted by atomic mass is 32.1. The predicted octanol–water partition coefficient (Wildman–Crippen LogP) is 3.72. The van der Waals surface area contributed by atoms with Crippen molar-refractivity contribution in [2.45, 2.75) is 46.2 Å². The number of thiophene rings is 1. The van der Waals surface area contributed by atoms with E-state index < -0.39 is 0 Å². The zero-order valence-electron chi connectivity index (χ0n) is 19.0. The zero-order chi connectivity index (χ0) is 22.1. The number of fused-ring (bicyclic) bond motifs is 1. The molecule has 0 aliphatic carbocycles. The molecule has 4 rings (SSSR count). The Kier molecular flexibility index (Phi) is 6.49. The van der Waals surface area contributed by atoms with E-state index in [1.54, 1.807) is 0 Å². The first-order valence-electron chi connectivity index (χ1n) is 11.3. The Morgan fingerprint density at radius 2 is 1.55 bits per heavy atom. The van der Waals surface area contributed by atoms with Crippen LogP contribution in [0.15, 0.2) is 35.7 Å². The maximum Gasteiger partial charge on any atom is 0.239 e. The first-order valence-corrected chi connectivity index (χ1v) is 12.2. The molecule has 2 amide bonds. The van der Waals surface area contributed by atoms with Gasteiger partial charge in [0.05, 0.1) is 12.1 Å². The number of piperazine rings is 1. The van der Waals surface area contributed by atoms with E-state index >= 15 is 0 Å². The Morgan fingerprint density at radius 3 is 2.19 bits per heavy atom. The van der Waals surface area contributed by atoms with Gasteiger partial charge in [0.15, 0.2) is 0 Å². The lowest BCUT2D eigenvalue weighted by molar-refractivity contribution is -0.144. The lowest BCUT2D eigenvalue weighted by atomic mass is 9.89. The molecule has 0 saturated carbocycles. The predicted molar refractivity (Wildman–Crippen MR) is 125 cm³/mol. The molecule has 2 atom stereocenters. The number of benzene rings is 1. The van der Waals surface area contributed by atoms with Gasteiger partial charge in [0, 0.05) is 43.5 Å². The van der Waals surface area contributed by atoms with Crippen LogP contribution in [-0.2, 0) is 16.0 Å². The van der Waals surface area contributed by atoms with Gasteiger partial charge < -0.3 is 9.80 Å². The number of aryl methyl sites for hydroxylation is 1. The molecular formula is C25H33N3O2S. The second-order valence-electron chi connectivity index (χ2n) is 9.03. The summed E-state index contributed by atoms with van der Waals surface area (Å²) in [7, 11) is 0. The van der Waals surface area contributed by atoms with E-state index in [9.17, 15) is 9.59 Å². The van der Waals surface area contributed by atoms with Crippen molar-refractivity contribution in [1.82, 2.24) is 14.7 Å². The zero-order valence-corrected chi connectivity index (χ0v) is 19.8. The summed E-state index contributed by atoms with van der Waals surface area (Å²) in [6.07, 6.45) is 0.990. The van der Waals surface area contributed by atoms with Gasteiger partial charge in [-0.1, -0.05) is 38.1 Å². The number of hydrogen-bond acceptors (Lipinski definition) is 4. The van der Waals surface area contributed by atoms with E-state index in [4.69, 9.17) is 0 Å². The van der Waals surface area contributed by atoms with Gasteiger partial charge in [0.2, 0.25) is 11.8 Å². The third kappa shape index (κ3) is 4.28. The molecule has 1 fully saturated rings. The van der Waals surface area contributed by atoms with Gasteiger partial charge in [-0.15, -0.1) is 11.3 Å². The van der Waals surface area contributed by atoms with E-state index in [2.05, 4.69) is 54.5 Å². The third-order valence-electron chi connectivity index (χ3n) is 6.74. The van der Waals surface area contributed by atoms with E-state index in [-0.39, 0.29) is 29.8 Å². The molecule has 166 valence electrons. The summed E-state index contributed by atoms with van der Waals surface area (Å²) < 4.78 is 0. The molecule has 2 aliphatic rings. The van der Waals surface area contributed by atoms with Crippen LogP contribution in [0.25, 0.3) is 0 Å². The quantitative estimate of drug-likeness (QED) is 0.729. The average molecular weight is 440 g/mol. The lowest BCUT2D eigenvalue weighted by Crippen LogP contribution is -2.56. The van der Waals surface area contributed by atoms with Crippen molar-refractivity contribution in [1.29, 1.82) is 0 Å². The molecule has 2 aliphatic heterocycles. The van der Waals surface area contributed by atoms with Crippen LogP contribution in [-0.4, -0.2) is 65.3 Å². The van der Waals surface area contributed by atoms with Gasteiger partial charge in [-0.05, 0) is 48.4 Å². The summed E-state index contributed by atoms with van der Waals surface area (Å²) in [4.78, 5) is 33.5. The summed E-state index contributed by atoms with van der Waals surface area (Å²) in [6.45, 7) is 11.5. The molecule has 5 nitrogen and oxygen atoms in total. The molecule has 0 spiro atoms. The third-order valence-corrected chi connectivity index (χ3v) is 7.73. The maximum absolute atomic E-state index is 13.5. The number of hydrogen-bond donors (Lipinski definition) is 0. The van der Waals surface area contributed by atoms with Crippen LogP contribution in [0.3, 0.4) is 0 Å². The standard InChI is InChI=1S/C25H33N3O2S/c1-17(2)24(29)26-12-14-27(15-13-26)25(30)19(4)28-11-9-22-21(10-16-31-22)23(28)20-8-6-5-7-18(20)3/h5-8,10,16-17,19,23H,9,11-15H2,1-4H3/t19-,23-/m0/s1. The minimum Gasteiger partial charge on any atom is -0.339 e. The molecule has 1 saturated heterocycles. The SMILES string of the molecule is Cc1ccccc1[C@H]1c2ccsc2CCN1[C@@H](C)C(=O)N1CCN(C(=O)C(C)C)CC1. The summed E-state index contributed by atoms with van der Waals surface area (Å²) in [5, 5.41) is 2.18. The first kappa shape index (κ1) is 22.0. The van der Waals surface area contributed by atoms with Gasteiger partial charge in [-0.25, -0.2) is 0 Å². The van der Waals surface area contributed by atoms with Crippen molar-refractivity contribution in [2.24, 2.45) is 5.92 Å². The smallest absolute Gasteiger partial charge is 0.239 e. The number of carbonyl (C=O) groups excluding carboxylic acids is 2. The van der Waals surface area contributed by atoms with E-state index in [1.165, 1.54) is 21.6 Å². The summed E-state index contributed by atoms with van der Waals surface area (Å²) in [5.41, 5.74) is 3.89. The highest BCUT2D eigenvalue weighted by Crippen LogP contribution is 2.40. The van der Waals surface area contributed by atoms with Crippen molar-refractivity contribution in [3.8, 4) is 0 Å². The van der Waals surface area contributed by atoms with Crippen LogP contribution in [0.5, 0.6) is 0 Å². The second kappa shape index (κ2) is 9.13. The Labute approximate surface area is 189 Å². The largest absolute Gasteiger partial charge is 0.339 e. The molecule has 3 heterocycles. The molecule has 0 radical (unpaired) electrons. The normalized spacial score (nSPS) is 20.6. The van der Waals surface area contributed by atoms with Crippen LogP contribution >= 0.6 is 11.3 Å². The van der Waals surface area contributed by atoms with Crippen LogP contribution in [0.2, 0.25) is 0 Å². The number of carbonyl (C=O) groups is 2. The van der Waals surface area contributed by atoms with Crippen molar-refractivity contribution >= 4 is 23.2 Å². The summed E-state index contributed by atoms with van der Waals surface area (Å²) in [6, 6.07) is 10.7. The number of amides is 2. The molecule has 6 heteroatoms. The molecule has 0 N–H and O–H groups in total. The highest BCUT2D eigenvalue weighted by Gasteiger charge is 2.38. The Morgan fingerprint density at radius 1 is 0.903 bits per heavy atom. The Balaban J connectivity index is 1.53. The van der Waals surface area contributed by atoms with Gasteiger partial charge >= 0.3 is 0 Å². The minimum atomic E-state index is -0.204.